The van der Waals surface area contributed by atoms with Crippen LogP contribution in [-0.4, -0.2) is 41.6 Å². The Kier molecular flexibility index (Phi) is 6.61. The topological polar surface area (TPSA) is 69.6 Å². The highest BCUT2D eigenvalue weighted by atomic mass is 16.4. The van der Waals surface area contributed by atoms with Crippen LogP contribution < -0.4 is 5.32 Å². The number of carboxylic acid groups (broad SMARTS) is 1. The van der Waals surface area contributed by atoms with Crippen LogP contribution in [0.25, 0.3) is 0 Å². The number of carbonyl (C=O) groups excluding carboxylic acids is 1. The second kappa shape index (κ2) is 7.14. The van der Waals surface area contributed by atoms with Crippen LogP contribution in [0.15, 0.2) is 0 Å². The lowest BCUT2D eigenvalue weighted by Crippen LogP contribution is -2.49. The predicted octanol–water partition coefficient (Wildman–Crippen LogP) is 1.78. The van der Waals surface area contributed by atoms with Crippen LogP contribution in [0.4, 0.5) is 4.79 Å². The van der Waals surface area contributed by atoms with E-state index in [-0.39, 0.29) is 11.9 Å². The number of carbonyl (C=O) groups is 2. The van der Waals surface area contributed by atoms with Crippen molar-refractivity contribution in [2.45, 2.75) is 40.2 Å². The van der Waals surface area contributed by atoms with Gasteiger partial charge in [-0.3, -0.25) is 0 Å². The highest BCUT2D eigenvalue weighted by molar-refractivity contribution is 5.82. The van der Waals surface area contributed by atoms with Crippen LogP contribution in [0.2, 0.25) is 0 Å². The maximum Gasteiger partial charge on any atom is 0.326 e. The monoisotopic (exact) mass is 244 g/mol. The molecule has 0 aliphatic rings. The number of aliphatic carboxylic acids is 1. The molecule has 17 heavy (non-hydrogen) atoms. The Hall–Kier alpha value is -1.26. The first-order chi connectivity index (χ1) is 7.75. The molecule has 0 aliphatic carbocycles. The van der Waals surface area contributed by atoms with Gasteiger partial charge >= 0.3 is 12.0 Å². The van der Waals surface area contributed by atoms with Gasteiger partial charge in [0.25, 0.3) is 0 Å². The van der Waals surface area contributed by atoms with Gasteiger partial charge < -0.3 is 15.3 Å². The van der Waals surface area contributed by atoms with Crippen molar-refractivity contribution in [1.29, 1.82) is 0 Å². The highest BCUT2D eigenvalue weighted by Gasteiger charge is 2.24. The third-order valence-corrected chi connectivity index (χ3v) is 2.60. The molecule has 0 aromatic heterocycles. The van der Waals surface area contributed by atoms with Gasteiger partial charge in [-0.1, -0.05) is 27.7 Å². The molecule has 5 heteroatoms. The molecule has 0 bridgehead atoms. The van der Waals surface area contributed by atoms with Gasteiger partial charge in [0.2, 0.25) is 0 Å². The Bertz CT molecular complexity index is 264. The molecule has 100 valence electrons. The standard InChI is InChI=1S/C12H24N2O3/c1-8(2)6-7-14(5)12(17)13-10(9(3)4)11(15)16/h8-10H,6-7H2,1-5H3,(H,13,17)(H,15,16). The quantitative estimate of drug-likeness (QED) is 0.748. The normalized spacial score (nSPS) is 12.6. The maximum absolute atomic E-state index is 11.7. The van der Waals surface area contributed by atoms with Gasteiger partial charge in [0, 0.05) is 13.6 Å². The van der Waals surface area contributed by atoms with Gasteiger partial charge in [-0.05, 0) is 18.3 Å². The fraction of sp³-hybridized carbons (Fsp3) is 0.833. The smallest absolute Gasteiger partial charge is 0.326 e. The molecule has 1 unspecified atom stereocenters. The third-order valence-electron chi connectivity index (χ3n) is 2.60. The van der Waals surface area contributed by atoms with Crippen molar-refractivity contribution in [2.24, 2.45) is 11.8 Å². The Morgan fingerprint density at radius 2 is 1.76 bits per heavy atom. The summed E-state index contributed by atoms with van der Waals surface area (Å²) in [6, 6.07) is -1.16. The summed E-state index contributed by atoms with van der Waals surface area (Å²) in [6.07, 6.45) is 0.906. The van der Waals surface area contributed by atoms with Crippen LogP contribution in [0.1, 0.15) is 34.1 Å². The highest BCUT2D eigenvalue weighted by Crippen LogP contribution is 2.04. The zero-order valence-electron chi connectivity index (χ0n) is 11.4. The van der Waals surface area contributed by atoms with E-state index in [4.69, 9.17) is 5.11 Å². The molecular formula is C12H24N2O3. The van der Waals surface area contributed by atoms with E-state index in [1.54, 1.807) is 20.9 Å². The van der Waals surface area contributed by atoms with Crippen molar-refractivity contribution in [3.05, 3.63) is 0 Å². The van der Waals surface area contributed by atoms with Crippen molar-refractivity contribution in [3.8, 4) is 0 Å². The predicted molar refractivity (Wildman–Crippen MR) is 66.9 cm³/mol. The number of urea groups is 1. The fourth-order valence-corrected chi connectivity index (χ4v) is 1.31. The summed E-state index contributed by atoms with van der Waals surface area (Å²) in [5, 5.41) is 11.5. The lowest BCUT2D eigenvalue weighted by Gasteiger charge is -2.23. The first kappa shape index (κ1) is 15.7. The van der Waals surface area contributed by atoms with E-state index in [0.29, 0.717) is 12.5 Å². The van der Waals surface area contributed by atoms with E-state index in [9.17, 15) is 9.59 Å². The first-order valence-corrected chi connectivity index (χ1v) is 6.00. The lowest BCUT2D eigenvalue weighted by atomic mass is 10.1. The molecule has 0 aromatic rings. The molecule has 0 rings (SSSR count). The number of nitrogens with zero attached hydrogens (tertiary/aromatic N) is 1. The van der Waals surface area contributed by atoms with E-state index in [2.05, 4.69) is 19.2 Å². The zero-order chi connectivity index (χ0) is 13.6. The molecule has 0 heterocycles. The molecule has 2 amide bonds. The molecular weight excluding hydrogens is 220 g/mol. The van der Waals surface area contributed by atoms with Crippen LogP contribution in [0.5, 0.6) is 0 Å². The lowest BCUT2D eigenvalue weighted by molar-refractivity contribution is -0.140. The van der Waals surface area contributed by atoms with E-state index in [1.165, 1.54) is 4.90 Å². The van der Waals surface area contributed by atoms with Gasteiger partial charge in [-0.2, -0.15) is 0 Å². The molecule has 0 aromatic carbocycles. The van der Waals surface area contributed by atoms with Crippen molar-refractivity contribution in [2.75, 3.05) is 13.6 Å². The van der Waals surface area contributed by atoms with Crippen LogP contribution in [0, 0.1) is 11.8 Å². The van der Waals surface area contributed by atoms with Gasteiger partial charge in [0.15, 0.2) is 0 Å². The third kappa shape index (κ3) is 6.14. The summed E-state index contributed by atoms with van der Waals surface area (Å²) in [6.45, 7) is 8.34. The number of carboxylic acids is 1. The van der Waals surface area contributed by atoms with E-state index in [1.807, 2.05) is 0 Å². The van der Waals surface area contributed by atoms with E-state index < -0.39 is 12.0 Å². The Morgan fingerprint density at radius 1 is 1.24 bits per heavy atom. The number of nitrogens with one attached hydrogen (secondary N) is 1. The van der Waals surface area contributed by atoms with Crippen molar-refractivity contribution >= 4 is 12.0 Å². The average molecular weight is 244 g/mol. The second-order valence-corrected chi connectivity index (χ2v) is 5.11. The van der Waals surface area contributed by atoms with Gasteiger partial charge in [0.1, 0.15) is 6.04 Å². The second-order valence-electron chi connectivity index (χ2n) is 5.11. The molecule has 2 N–H and O–H groups in total. The average Bonchev–Trinajstić information content (AvgIpc) is 2.20. The van der Waals surface area contributed by atoms with Crippen molar-refractivity contribution in [1.82, 2.24) is 10.2 Å². The zero-order valence-corrected chi connectivity index (χ0v) is 11.4. The summed E-state index contributed by atoms with van der Waals surface area (Å²) in [5.74, 6) is -0.605. The van der Waals surface area contributed by atoms with Gasteiger partial charge in [-0.25, -0.2) is 9.59 Å². The minimum Gasteiger partial charge on any atom is -0.480 e. The molecule has 0 aliphatic heterocycles. The Morgan fingerprint density at radius 3 is 2.12 bits per heavy atom. The SMILES string of the molecule is CC(C)CCN(C)C(=O)NC(C(=O)O)C(C)C. The Labute approximate surface area is 103 Å². The van der Waals surface area contributed by atoms with Gasteiger partial charge in [0.05, 0.1) is 0 Å². The first-order valence-electron chi connectivity index (χ1n) is 6.00. The molecule has 5 nitrogen and oxygen atoms in total. The van der Waals surface area contributed by atoms with Gasteiger partial charge in [-0.15, -0.1) is 0 Å². The minimum atomic E-state index is -0.995. The minimum absolute atomic E-state index is 0.130. The van der Waals surface area contributed by atoms with Crippen molar-refractivity contribution < 1.29 is 14.7 Å². The summed E-state index contributed by atoms with van der Waals surface area (Å²) >= 11 is 0. The van der Waals surface area contributed by atoms with E-state index in [0.717, 1.165) is 6.42 Å². The van der Waals surface area contributed by atoms with Crippen LogP contribution >= 0.6 is 0 Å². The number of rotatable bonds is 6. The molecule has 0 fully saturated rings. The van der Waals surface area contributed by atoms with Crippen LogP contribution in [-0.2, 0) is 4.79 Å². The van der Waals surface area contributed by atoms with Crippen LogP contribution in [0.3, 0.4) is 0 Å². The summed E-state index contributed by atoms with van der Waals surface area (Å²) < 4.78 is 0. The summed E-state index contributed by atoms with van der Waals surface area (Å²) in [5.41, 5.74) is 0. The molecule has 0 saturated carbocycles. The molecule has 1 atom stereocenters. The largest absolute Gasteiger partial charge is 0.480 e. The molecule has 0 spiro atoms. The maximum atomic E-state index is 11.7. The fourth-order valence-electron chi connectivity index (χ4n) is 1.31. The molecule has 0 radical (unpaired) electrons. The number of hydrogen-bond acceptors (Lipinski definition) is 2. The number of hydrogen-bond donors (Lipinski definition) is 2. The summed E-state index contributed by atoms with van der Waals surface area (Å²) in [7, 11) is 1.68. The Balaban J connectivity index is 4.26. The number of amides is 2. The molecule has 0 saturated heterocycles. The van der Waals surface area contributed by atoms with Crippen molar-refractivity contribution in [3.63, 3.8) is 0 Å². The summed E-state index contributed by atoms with van der Waals surface area (Å²) in [4.78, 5) is 24.2. The van der Waals surface area contributed by atoms with E-state index >= 15 is 0 Å².